The van der Waals surface area contributed by atoms with Crippen molar-refractivity contribution >= 4 is 11.9 Å². The number of carbonyl (C=O) groups excluding carboxylic acids is 1. The van der Waals surface area contributed by atoms with Crippen LogP contribution in [0.1, 0.15) is 34.6 Å². The van der Waals surface area contributed by atoms with Crippen molar-refractivity contribution < 1.29 is 9.53 Å². The summed E-state index contributed by atoms with van der Waals surface area (Å²) in [5.41, 5.74) is 2.26. The Morgan fingerprint density at radius 3 is 2.88 bits per heavy atom. The molecule has 24 heavy (non-hydrogen) atoms. The van der Waals surface area contributed by atoms with Crippen molar-refractivity contribution in [3.63, 3.8) is 0 Å². The maximum absolute atomic E-state index is 12.3. The van der Waals surface area contributed by atoms with Gasteiger partial charge in [0.1, 0.15) is 5.69 Å². The number of aromatic nitrogens is 2. The van der Waals surface area contributed by atoms with Crippen LogP contribution in [0.25, 0.3) is 0 Å². The molecule has 3 rings (SSSR count). The van der Waals surface area contributed by atoms with E-state index in [0.717, 1.165) is 30.7 Å². The number of nitrogens with one attached hydrogen (secondary N) is 2. The van der Waals surface area contributed by atoms with Crippen molar-refractivity contribution in [2.24, 2.45) is 0 Å². The molecule has 1 aliphatic heterocycles. The molecule has 2 aromatic rings. The molecule has 126 valence electrons. The predicted octanol–water partition coefficient (Wildman–Crippen LogP) is 2.31. The van der Waals surface area contributed by atoms with Gasteiger partial charge < -0.3 is 15.4 Å². The summed E-state index contributed by atoms with van der Waals surface area (Å²) in [4.78, 5) is 21.0. The third-order valence-electron chi connectivity index (χ3n) is 3.89. The van der Waals surface area contributed by atoms with Crippen LogP contribution in [-0.4, -0.2) is 35.1 Å². The van der Waals surface area contributed by atoms with Gasteiger partial charge in [-0.05, 0) is 31.4 Å². The summed E-state index contributed by atoms with van der Waals surface area (Å²) in [6.45, 7) is 3.77. The highest BCUT2D eigenvalue weighted by molar-refractivity contribution is 5.92. The molecule has 1 saturated heterocycles. The van der Waals surface area contributed by atoms with Crippen LogP contribution in [0, 0.1) is 6.92 Å². The fourth-order valence-electron chi connectivity index (χ4n) is 2.64. The van der Waals surface area contributed by atoms with E-state index >= 15 is 0 Å². The first kappa shape index (κ1) is 16.4. The Morgan fingerprint density at radius 2 is 2.12 bits per heavy atom. The molecule has 6 nitrogen and oxygen atoms in total. The highest BCUT2D eigenvalue weighted by Gasteiger charge is 2.17. The summed E-state index contributed by atoms with van der Waals surface area (Å²) in [5, 5.41) is 6.05. The van der Waals surface area contributed by atoms with Gasteiger partial charge in [-0.1, -0.05) is 30.3 Å². The van der Waals surface area contributed by atoms with Gasteiger partial charge in [0.2, 0.25) is 5.95 Å². The van der Waals surface area contributed by atoms with E-state index in [1.807, 2.05) is 37.3 Å². The van der Waals surface area contributed by atoms with Gasteiger partial charge in [-0.2, -0.15) is 0 Å². The smallest absolute Gasteiger partial charge is 0.270 e. The number of amides is 1. The van der Waals surface area contributed by atoms with Gasteiger partial charge in [0.25, 0.3) is 5.91 Å². The predicted molar refractivity (Wildman–Crippen MR) is 91.8 cm³/mol. The molecule has 2 heterocycles. The van der Waals surface area contributed by atoms with Crippen molar-refractivity contribution in [2.45, 2.75) is 32.4 Å². The topological polar surface area (TPSA) is 76.1 Å². The Labute approximate surface area is 141 Å². The lowest BCUT2D eigenvalue weighted by Crippen LogP contribution is -2.32. The summed E-state index contributed by atoms with van der Waals surface area (Å²) >= 11 is 0. The fourth-order valence-corrected chi connectivity index (χ4v) is 2.64. The molecule has 0 saturated carbocycles. The Morgan fingerprint density at radius 1 is 1.29 bits per heavy atom. The average Bonchev–Trinajstić information content (AvgIpc) is 3.12. The zero-order chi connectivity index (χ0) is 16.8. The van der Waals surface area contributed by atoms with Gasteiger partial charge in [-0.25, -0.2) is 9.97 Å². The van der Waals surface area contributed by atoms with E-state index in [0.29, 0.717) is 24.7 Å². The Balaban J connectivity index is 1.61. The minimum atomic E-state index is -0.196. The second kappa shape index (κ2) is 7.88. The lowest BCUT2D eigenvalue weighted by atomic mass is 10.2. The molecule has 1 aromatic heterocycles. The monoisotopic (exact) mass is 326 g/mol. The first-order valence-corrected chi connectivity index (χ1v) is 8.24. The number of ether oxygens (including phenoxy) is 1. The fraction of sp³-hybridized carbons (Fsp3) is 0.389. The van der Waals surface area contributed by atoms with Crippen LogP contribution in [0.15, 0.2) is 36.4 Å². The molecule has 2 N–H and O–H groups in total. The Bertz CT molecular complexity index is 685. The second-order valence-electron chi connectivity index (χ2n) is 5.90. The number of carbonyl (C=O) groups is 1. The Kier molecular flexibility index (Phi) is 5.38. The van der Waals surface area contributed by atoms with Gasteiger partial charge in [0.15, 0.2) is 0 Å². The van der Waals surface area contributed by atoms with Crippen LogP contribution in [-0.2, 0) is 11.3 Å². The average molecular weight is 326 g/mol. The maximum Gasteiger partial charge on any atom is 0.270 e. The standard InChI is InChI=1S/C18H22N4O2/c1-13-10-16(17(23)19-12-15-8-5-9-24-15)22-18(21-13)20-11-14-6-3-2-4-7-14/h2-4,6-7,10,15H,5,8-9,11-12H2,1H3,(H,19,23)(H,20,21,22). The molecule has 1 fully saturated rings. The molecular weight excluding hydrogens is 304 g/mol. The number of rotatable bonds is 6. The molecule has 6 heteroatoms. The summed E-state index contributed by atoms with van der Waals surface area (Å²) in [6.07, 6.45) is 2.17. The summed E-state index contributed by atoms with van der Waals surface area (Å²) in [6, 6.07) is 11.7. The van der Waals surface area contributed by atoms with Gasteiger partial charge in [0.05, 0.1) is 6.10 Å². The molecule has 1 aromatic carbocycles. The van der Waals surface area contributed by atoms with E-state index in [9.17, 15) is 4.79 Å². The highest BCUT2D eigenvalue weighted by atomic mass is 16.5. The molecule has 1 aliphatic rings. The number of anilines is 1. The van der Waals surface area contributed by atoms with Crippen molar-refractivity contribution in [3.05, 3.63) is 53.3 Å². The number of nitrogens with zero attached hydrogens (tertiary/aromatic N) is 2. The van der Waals surface area contributed by atoms with Crippen LogP contribution in [0.3, 0.4) is 0 Å². The van der Waals surface area contributed by atoms with Gasteiger partial charge in [0, 0.05) is 25.4 Å². The van der Waals surface area contributed by atoms with Crippen LogP contribution in [0.4, 0.5) is 5.95 Å². The van der Waals surface area contributed by atoms with Crippen molar-refractivity contribution in [3.8, 4) is 0 Å². The first-order chi connectivity index (χ1) is 11.7. The third-order valence-corrected chi connectivity index (χ3v) is 3.89. The van der Waals surface area contributed by atoms with E-state index in [1.54, 1.807) is 6.07 Å². The molecule has 1 atom stereocenters. The number of aryl methyl sites for hydroxylation is 1. The number of hydrogen-bond acceptors (Lipinski definition) is 5. The zero-order valence-corrected chi connectivity index (χ0v) is 13.8. The van der Waals surface area contributed by atoms with Crippen LogP contribution in [0.2, 0.25) is 0 Å². The van der Waals surface area contributed by atoms with E-state index < -0.39 is 0 Å². The van der Waals surface area contributed by atoms with E-state index in [-0.39, 0.29) is 12.0 Å². The van der Waals surface area contributed by atoms with Crippen LogP contribution >= 0.6 is 0 Å². The van der Waals surface area contributed by atoms with E-state index in [2.05, 4.69) is 20.6 Å². The quantitative estimate of drug-likeness (QED) is 0.852. The number of hydrogen-bond donors (Lipinski definition) is 2. The Hall–Kier alpha value is -2.47. The first-order valence-electron chi connectivity index (χ1n) is 8.24. The third kappa shape index (κ3) is 4.52. The summed E-state index contributed by atoms with van der Waals surface area (Å²) in [5.74, 6) is 0.264. The van der Waals surface area contributed by atoms with Crippen molar-refractivity contribution in [1.29, 1.82) is 0 Å². The van der Waals surface area contributed by atoms with E-state index in [1.165, 1.54) is 0 Å². The largest absolute Gasteiger partial charge is 0.376 e. The maximum atomic E-state index is 12.3. The van der Waals surface area contributed by atoms with Crippen LogP contribution in [0.5, 0.6) is 0 Å². The lowest BCUT2D eigenvalue weighted by Gasteiger charge is -2.11. The SMILES string of the molecule is Cc1cc(C(=O)NCC2CCCO2)nc(NCc2ccccc2)n1. The lowest BCUT2D eigenvalue weighted by molar-refractivity contribution is 0.0853. The van der Waals surface area contributed by atoms with Gasteiger partial charge >= 0.3 is 0 Å². The highest BCUT2D eigenvalue weighted by Crippen LogP contribution is 2.11. The summed E-state index contributed by atoms with van der Waals surface area (Å²) < 4.78 is 5.51. The van der Waals surface area contributed by atoms with Gasteiger partial charge in [-0.15, -0.1) is 0 Å². The molecular formula is C18H22N4O2. The molecule has 0 aliphatic carbocycles. The zero-order valence-electron chi connectivity index (χ0n) is 13.8. The van der Waals surface area contributed by atoms with Gasteiger partial charge in [-0.3, -0.25) is 4.79 Å². The molecule has 0 radical (unpaired) electrons. The molecule has 0 spiro atoms. The molecule has 1 amide bonds. The van der Waals surface area contributed by atoms with Crippen molar-refractivity contribution in [1.82, 2.24) is 15.3 Å². The minimum absolute atomic E-state index is 0.118. The normalized spacial score (nSPS) is 16.8. The summed E-state index contributed by atoms with van der Waals surface area (Å²) in [7, 11) is 0. The van der Waals surface area contributed by atoms with Crippen molar-refractivity contribution in [2.75, 3.05) is 18.5 Å². The second-order valence-corrected chi connectivity index (χ2v) is 5.90. The van der Waals surface area contributed by atoms with Crippen LogP contribution < -0.4 is 10.6 Å². The molecule has 1 unspecified atom stereocenters. The number of benzene rings is 1. The minimum Gasteiger partial charge on any atom is -0.376 e. The molecule has 0 bridgehead atoms. The van der Waals surface area contributed by atoms with E-state index in [4.69, 9.17) is 4.74 Å².